The van der Waals surface area contributed by atoms with E-state index in [0.717, 1.165) is 24.8 Å². The third kappa shape index (κ3) is 3.32. The lowest BCUT2D eigenvalue weighted by Crippen LogP contribution is -2.34. The van der Waals surface area contributed by atoms with Gasteiger partial charge in [0.1, 0.15) is 15.9 Å². The first-order chi connectivity index (χ1) is 9.58. The van der Waals surface area contributed by atoms with Crippen LogP contribution in [0.2, 0.25) is 0 Å². The highest BCUT2D eigenvalue weighted by molar-refractivity contribution is 7.89. The Morgan fingerprint density at radius 2 is 2.00 bits per heavy atom. The van der Waals surface area contributed by atoms with Gasteiger partial charge < -0.3 is 4.90 Å². The molecule has 0 unspecified atom stereocenters. The Kier molecular flexibility index (Phi) is 5.03. The predicted molar refractivity (Wildman–Crippen MR) is 80.4 cm³/mol. The molecular weight excluding hydrogens is 296 g/mol. The predicted octanol–water partition coefficient (Wildman–Crippen LogP) is 1.31. The molecule has 2 aromatic rings. The van der Waals surface area contributed by atoms with Crippen molar-refractivity contribution >= 4 is 32.8 Å². The molecule has 0 atom stereocenters. The zero-order valence-corrected chi connectivity index (χ0v) is 13.2. The fourth-order valence-corrected chi connectivity index (χ4v) is 3.74. The highest BCUT2D eigenvalue weighted by atomic mass is 32.2. The molecule has 0 aliphatic heterocycles. The fourth-order valence-electron chi connectivity index (χ4n) is 1.95. The largest absolute Gasteiger partial charge is 0.303 e. The van der Waals surface area contributed by atoms with E-state index in [9.17, 15) is 8.42 Å². The van der Waals surface area contributed by atoms with E-state index in [1.54, 1.807) is 18.2 Å². The Balaban J connectivity index is 2.13. The molecule has 8 heteroatoms. The minimum Gasteiger partial charge on any atom is -0.303 e. The standard InChI is InChI=1S/C12H18N4O2S2/c1-3-16(4-2)9-8-13-20(17,18)11-7-5-6-10-12(11)15-19-14-10/h5-7,13H,3-4,8-9H2,1-2H3. The molecule has 1 N–H and O–H groups in total. The van der Waals surface area contributed by atoms with E-state index >= 15 is 0 Å². The van der Waals surface area contributed by atoms with Gasteiger partial charge in [0, 0.05) is 13.1 Å². The van der Waals surface area contributed by atoms with Crippen LogP contribution in [0.4, 0.5) is 0 Å². The molecule has 2 rings (SSSR count). The molecule has 0 aliphatic carbocycles. The van der Waals surface area contributed by atoms with Gasteiger partial charge in [-0.3, -0.25) is 0 Å². The summed E-state index contributed by atoms with van der Waals surface area (Å²) in [6, 6.07) is 5.00. The Hall–Kier alpha value is -1.09. The van der Waals surface area contributed by atoms with E-state index in [1.165, 1.54) is 0 Å². The monoisotopic (exact) mass is 314 g/mol. The van der Waals surface area contributed by atoms with Crippen molar-refractivity contribution in [2.45, 2.75) is 18.7 Å². The number of likely N-dealkylation sites (N-methyl/N-ethyl adjacent to an activating group) is 1. The van der Waals surface area contributed by atoms with Gasteiger partial charge in [0.25, 0.3) is 0 Å². The van der Waals surface area contributed by atoms with Gasteiger partial charge in [-0.05, 0) is 25.2 Å². The van der Waals surface area contributed by atoms with E-state index in [1.807, 2.05) is 0 Å². The maximum absolute atomic E-state index is 12.3. The Morgan fingerprint density at radius 3 is 2.70 bits per heavy atom. The number of sulfonamides is 1. The smallest absolute Gasteiger partial charge is 0.242 e. The minimum atomic E-state index is -3.54. The SMILES string of the molecule is CCN(CC)CCNS(=O)(=O)c1cccc2nsnc12. The number of benzene rings is 1. The number of fused-ring (bicyclic) bond motifs is 1. The van der Waals surface area contributed by atoms with E-state index in [0.29, 0.717) is 24.1 Å². The quantitative estimate of drug-likeness (QED) is 0.834. The number of nitrogens with one attached hydrogen (secondary N) is 1. The number of hydrogen-bond donors (Lipinski definition) is 1. The van der Waals surface area contributed by atoms with Crippen LogP contribution in [0.5, 0.6) is 0 Å². The van der Waals surface area contributed by atoms with Gasteiger partial charge in [-0.1, -0.05) is 19.9 Å². The van der Waals surface area contributed by atoms with Crippen molar-refractivity contribution in [2.24, 2.45) is 0 Å². The zero-order chi connectivity index (χ0) is 14.6. The molecule has 0 saturated heterocycles. The maximum Gasteiger partial charge on any atom is 0.242 e. The van der Waals surface area contributed by atoms with Gasteiger partial charge in [-0.15, -0.1) is 0 Å². The van der Waals surface area contributed by atoms with Gasteiger partial charge in [0.05, 0.1) is 11.7 Å². The highest BCUT2D eigenvalue weighted by Crippen LogP contribution is 2.20. The van der Waals surface area contributed by atoms with Gasteiger partial charge >= 0.3 is 0 Å². The van der Waals surface area contributed by atoms with Crippen molar-refractivity contribution in [1.82, 2.24) is 18.4 Å². The van der Waals surface area contributed by atoms with Crippen molar-refractivity contribution in [2.75, 3.05) is 26.2 Å². The first-order valence-electron chi connectivity index (χ1n) is 6.51. The summed E-state index contributed by atoms with van der Waals surface area (Å²) in [7, 11) is -3.54. The topological polar surface area (TPSA) is 75.2 Å². The van der Waals surface area contributed by atoms with Crippen LogP contribution in [-0.4, -0.2) is 48.2 Å². The van der Waals surface area contributed by atoms with Gasteiger partial charge in [-0.2, -0.15) is 8.75 Å². The third-order valence-electron chi connectivity index (χ3n) is 3.15. The molecule has 1 heterocycles. The normalized spacial score (nSPS) is 12.3. The van der Waals surface area contributed by atoms with Crippen LogP contribution in [0.15, 0.2) is 23.1 Å². The zero-order valence-electron chi connectivity index (χ0n) is 11.5. The number of nitrogens with zero attached hydrogens (tertiary/aromatic N) is 3. The van der Waals surface area contributed by atoms with Crippen LogP contribution >= 0.6 is 11.7 Å². The molecule has 0 bridgehead atoms. The number of hydrogen-bond acceptors (Lipinski definition) is 6. The lowest BCUT2D eigenvalue weighted by atomic mass is 10.3. The fraction of sp³-hybridized carbons (Fsp3) is 0.500. The highest BCUT2D eigenvalue weighted by Gasteiger charge is 2.19. The van der Waals surface area contributed by atoms with Crippen LogP contribution in [-0.2, 0) is 10.0 Å². The Labute approximate surface area is 123 Å². The van der Waals surface area contributed by atoms with Crippen molar-refractivity contribution < 1.29 is 8.42 Å². The molecule has 0 spiro atoms. The number of aromatic nitrogens is 2. The summed E-state index contributed by atoms with van der Waals surface area (Å²) >= 11 is 1.02. The summed E-state index contributed by atoms with van der Waals surface area (Å²) in [6.45, 7) is 7.00. The van der Waals surface area contributed by atoms with Gasteiger partial charge in [-0.25, -0.2) is 13.1 Å². The second kappa shape index (κ2) is 6.57. The van der Waals surface area contributed by atoms with Crippen molar-refractivity contribution in [3.05, 3.63) is 18.2 Å². The second-order valence-electron chi connectivity index (χ2n) is 4.31. The van der Waals surface area contributed by atoms with Crippen LogP contribution in [0, 0.1) is 0 Å². The van der Waals surface area contributed by atoms with Crippen LogP contribution in [0.3, 0.4) is 0 Å². The van der Waals surface area contributed by atoms with Gasteiger partial charge in [0.15, 0.2) is 0 Å². The average molecular weight is 314 g/mol. The average Bonchev–Trinajstić information content (AvgIpc) is 2.91. The summed E-state index contributed by atoms with van der Waals surface area (Å²) in [4.78, 5) is 2.36. The molecule has 1 aromatic heterocycles. The van der Waals surface area contributed by atoms with Crippen LogP contribution in [0.1, 0.15) is 13.8 Å². The van der Waals surface area contributed by atoms with E-state index in [4.69, 9.17) is 0 Å². The third-order valence-corrected chi connectivity index (χ3v) is 5.19. The number of rotatable bonds is 7. The van der Waals surface area contributed by atoms with E-state index < -0.39 is 10.0 Å². The molecule has 0 amide bonds. The van der Waals surface area contributed by atoms with Crippen molar-refractivity contribution in [3.63, 3.8) is 0 Å². The lowest BCUT2D eigenvalue weighted by Gasteiger charge is -2.18. The molecule has 0 radical (unpaired) electrons. The summed E-state index contributed by atoms with van der Waals surface area (Å²) < 4.78 is 35.4. The van der Waals surface area contributed by atoms with Crippen molar-refractivity contribution in [1.29, 1.82) is 0 Å². The maximum atomic E-state index is 12.3. The summed E-state index contributed by atoms with van der Waals surface area (Å²) in [6.07, 6.45) is 0. The van der Waals surface area contributed by atoms with Crippen molar-refractivity contribution in [3.8, 4) is 0 Å². The molecule has 20 heavy (non-hydrogen) atoms. The Morgan fingerprint density at radius 1 is 1.25 bits per heavy atom. The molecule has 110 valence electrons. The van der Waals surface area contributed by atoms with E-state index in [2.05, 4.69) is 32.2 Å². The first kappa shape index (κ1) is 15.3. The molecule has 6 nitrogen and oxygen atoms in total. The summed E-state index contributed by atoms with van der Waals surface area (Å²) in [5.41, 5.74) is 1.05. The molecule has 0 aliphatic rings. The molecule has 0 saturated carbocycles. The second-order valence-corrected chi connectivity index (χ2v) is 6.58. The molecule has 0 fully saturated rings. The van der Waals surface area contributed by atoms with E-state index in [-0.39, 0.29) is 4.90 Å². The minimum absolute atomic E-state index is 0.197. The van der Waals surface area contributed by atoms with Gasteiger partial charge in [0.2, 0.25) is 10.0 Å². The first-order valence-corrected chi connectivity index (χ1v) is 8.73. The lowest BCUT2D eigenvalue weighted by molar-refractivity contribution is 0.309. The molecule has 1 aromatic carbocycles. The van der Waals surface area contributed by atoms with Crippen LogP contribution in [0.25, 0.3) is 11.0 Å². The molecular formula is C12H18N4O2S2. The summed E-state index contributed by atoms with van der Waals surface area (Å²) in [5, 5.41) is 0. The Bertz CT molecular complexity index is 665. The summed E-state index contributed by atoms with van der Waals surface area (Å²) in [5.74, 6) is 0. The van der Waals surface area contributed by atoms with Crippen LogP contribution < -0.4 is 4.72 Å².